The van der Waals surface area contributed by atoms with Crippen molar-refractivity contribution >= 4 is 11.6 Å². The lowest BCUT2D eigenvalue weighted by molar-refractivity contribution is 0.0759. The summed E-state index contributed by atoms with van der Waals surface area (Å²) in [5, 5.41) is 0. The zero-order valence-corrected chi connectivity index (χ0v) is 11.0. The van der Waals surface area contributed by atoms with E-state index in [4.69, 9.17) is 12.2 Å². The van der Waals surface area contributed by atoms with Crippen LogP contribution >= 0.6 is 0 Å². The van der Waals surface area contributed by atoms with Gasteiger partial charge in [0, 0.05) is 18.8 Å². The summed E-state index contributed by atoms with van der Waals surface area (Å²) >= 11 is 0. The van der Waals surface area contributed by atoms with E-state index in [2.05, 4.69) is 5.92 Å². The molecule has 4 heteroatoms. The van der Waals surface area contributed by atoms with E-state index >= 15 is 0 Å². The summed E-state index contributed by atoms with van der Waals surface area (Å²) in [5.41, 5.74) is 7.18. The molecule has 0 atom stereocenters. The fourth-order valence-electron chi connectivity index (χ4n) is 2.43. The van der Waals surface area contributed by atoms with Crippen molar-refractivity contribution in [3.8, 4) is 12.3 Å². The second kappa shape index (κ2) is 4.65. The van der Waals surface area contributed by atoms with Gasteiger partial charge in [-0.2, -0.15) is 0 Å². The highest BCUT2D eigenvalue weighted by molar-refractivity contribution is 5.94. The molecule has 0 aliphatic heterocycles. The highest BCUT2D eigenvalue weighted by Gasteiger charge is 2.31. The van der Waals surface area contributed by atoms with Crippen LogP contribution in [0.5, 0.6) is 0 Å². The zero-order valence-electron chi connectivity index (χ0n) is 11.0. The molecule has 2 saturated carbocycles. The summed E-state index contributed by atoms with van der Waals surface area (Å²) in [6.45, 7) is 1.16. The van der Waals surface area contributed by atoms with E-state index in [-0.39, 0.29) is 5.91 Å². The van der Waals surface area contributed by atoms with E-state index < -0.39 is 0 Å². The van der Waals surface area contributed by atoms with Gasteiger partial charge in [-0.1, -0.05) is 5.92 Å². The Hall–Kier alpha value is -1.89. The summed E-state index contributed by atoms with van der Waals surface area (Å²) in [6.07, 6.45) is 11.9. The third-order valence-corrected chi connectivity index (χ3v) is 3.77. The lowest BCUT2D eigenvalue weighted by atomic mass is 10.3. The molecule has 1 heterocycles. The van der Waals surface area contributed by atoms with Crippen molar-refractivity contribution in [1.29, 1.82) is 0 Å². The van der Waals surface area contributed by atoms with Crippen molar-refractivity contribution in [2.45, 2.75) is 31.7 Å². The van der Waals surface area contributed by atoms with Gasteiger partial charge in [0.2, 0.25) is 0 Å². The number of nitrogens with zero attached hydrogens (tertiary/aromatic N) is 2. The smallest absolute Gasteiger partial charge is 0.271 e. The van der Waals surface area contributed by atoms with Gasteiger partial charge in [0.15, 0.2) is 0 Å². The van der Waals surface area contributed by atoms with Gasteiger partial charge in [0.05, 0.1) is 12.2 Å². The predicted octanol–water partition coefficient (Wildman–Crippen LogP) is 1.89. The number of nitrogens with two attached hydrogens (primary N) is 1. The number of nitrogen functional groups attached to an aromatic ring is 1. The number of rotatable bonds is 5. The molecule has 19 heavy (non-hydrogen) atoms. The van der Waals surface area contributed by atoms with Crippen molar-refractivity contribution < 1.29 is 4.79 Å². The topological polar surface area (TPSA) is 51.3 Å². The SMILES string of the molecule is C#CCN(CC1CC1)C(=O)c1cc(N)cn1C1CC1. The summed E-state index contributed by atoms with van der Waals surface area (Å²) in [4.78, 5) is 14.4. The maximum Gasteiger partial charge on any atom is 0.271 e. The molecule has 2 aliphatic rings. The molecular formula is C15H19N3O. The largest absolute Gasteiger partial charge is 0.397 e. The Kier molecular flexibility index (Phi) is 2.98. The van der Waals surface area contributed by atoms with Crippen LogP contribution in [0.1, 0.15) is 42.2 Å². The number of aromatic nitrogens is 1. The molecule has 0 bridgehead atoms. The van der Waals surface area contributed by atoms with Crippen LogP contribution in [0.4, 0.5) is 5.69 Å². The highest BCUT2D eigenvalue weighted by atomic mass is 16.2. The second-order valence-electron chi connectivity index (χ2n) is 5.63. The molecular weight excluding hydrogens is 238 g/mol. The fourth-order valence-corrected chi connectivity index (χ4v) is 2.43. The van der Waals surface area contributed by atoms with Crippen LogP contribution in [0.15, 0.2) is 12.3 Å². The lowest BCUT2D eigenvalue weighted by Gasteiger charge is -2.21. The van der Waals surface area contributed by atoms with E-state index in [1.54, 1.807) is 11.0 Å². The normalized spacial score (nSPS) is 18.1. The van der Waals surface area contributed by atoms with Gasteiger partial charge in [-0.05, 0) is 37.7 Å². The van der Waals surface area contributed by atoms with Crippen molar-refractivity contribution in [1.82, 2.24) is 9.47 Å². The average Bonchev–Trinajstić information content (AvgIpc) is 3.28. The Morgan fingerprint density at radius 1 is 1.47 bits per heavy atom. The fraction of sp³-hybridized carbons (Fsp3) is 0.533. The minimum atomic E-state index is 0.0217. The van der Waals surface area contributed by atoms with Crippen LogP contribution in [0, 0.1) is 18.3 Å². The first-order valence-corrected chi connectivity index (χ1v) is 6.89. The molecule has 100 valence electrons. The molecule has 0 aromatic carbocycles. The minimum Gasteiger partial charge on any atom is -0.397 e. The highest BCUT2D eigenvalue weighted by Crippen LogP contribution is 2.37. The van der Waals surface area contributed by atoms with Crippen molar-refractivity contribution in [2.75, 3.05) is 18.8 Å². The third kappa shape index (κ3) is 2.60. The first-order chi connectivity index (χ1) is 9.19. The van der Waals surface area contributed by atoms with Crippen molar-refractivity contribution in [2.24, 2.45) is 5.92 Å². The maximum atomic E-state index is 12.6. The van der Waals surface area contributed by atoms with Crippen LogP contribution in [0.25, 0.3) is 0 Å². The third-order valence-electron chi connectivity index (χ3n) is 3.77. The van der Waals surface area contributed by atoms with Gasteiger partial charge in [-0.15, -0.1) is 6.42 Å². The van der Waals surface area contributed by atoms with Gasteiger partial charge < -0.3 is 15.2 Å². The Bertz CT molecular complexity index is 532. The van der Waals surface area contributed by atoms with Crippen LogP contribution in [-0.2, 0) is 0 Å². The Morgan fingerprint density at radius 2 is 2.21 bits per heavy atom. The molecule has 2 fully saturated rings. The molecule has 0 unspecified atom stereocenters. The minimum absolute atomic E-state index is 0.0217. The first kappa shape index (κ1) is 12.2. The van der Waals surface area contributed by atoms with Gasteiger partial charge in [-0.3, -0.25) is 4.79 Å². The molecule has 2 aliphatic carbocycles. The van der Waals surface area contributed by atoms with Gasteiger partial charge in [-0.25, -0.2) is 0 Å². The van der Waals surface area contributed by atoms with Gasteiger partial charge in [0.25, 0.3) is 5.91 Å². The number of carbonyl (C=O) groups is 1. The Labute approximate surface area is 113 Å². The van der Waals surface area contributed by atoms with Crippen LogP contribution < -0.4 is 5.73 Å². The van der Waals surface area contributed by atoms with Crippen molar-refractivity contribution in [3.05, 3.63) is 18.0 Å². The Balaban J connectivity index is 1.82. The summed E-state index contributed by atoms with van der Waals surface area (Å²) in [7, 11) is 0. The Morgan fingerprint density at radius 3 is 2.79 bits per heavy atom. The molecule has 4 nitrogen and oxygen atoms in total. The van der Waals surface area contributed by atoms with E-state index in [0.29, 0.717) is 29.9 Å². The summed E-state index contributed by atoms with van der Waals surface area (Å²) < 4.78 is 2.02. The standard InChI is InChI=1S/C15H19N3O/c1-2-7-17(9-11-3-4-11)15(19)14-8-12(16)10-18(14)13-5-6-13/h1,8,10-11,13H,3-7,9,16H2. The molecule has 3 rings (SSSR count). The average molecular weight is 257 g/mol. The van der Waals surface area contributed by atoms with Crippen LogP contribution in [-0.4, -0.2) is 28.5 Å². The predicted molar refractivity (Wildman–Crippen MR) is 74.6 cm³/mol. The maximum absolute atomic E-state index is 12.6. The van der Waals surface area contributed by atoms with E-state index in [1.807, 2.05) is 10.8 Å². The second-order valence-corrected chi connectivity index (χ2v) is 5.63. The van der Waals surface area contributed by atoms with E-state index in [1.165, 1.54) is 12.8 Å². The number of anilines is 1. The number of terminal acetylenes is 1. The summed E-state index contributed by atoms with van der Waals surface area (Å²) in [6, 6.07) is 2.22. The van der Waals surface area contributed by atoms with Gasteiger partial charge in [0.1, 0.15) is 5.69 Å². The molecule has 0 saturated heterocycles. The number of hydrogen-bond acceptors (Lipinski definition) is 2. The lowest BCUT2D eigenvalue weighted by Crippen LogP contribution is -2.34. The van der Waals surface area contributed by atoms with Crippen LogP contribution in [0.2, 0.25) is 0 Å². The summed E-state index contributed by atoms with van der Waals surface area (Å²) in [5.74, 6) is 3.25. The monoisotopic (exact) mass is 257 g/mol. The molecule has 2 N–H and O–H groups in total. The number of hydrogen-bond donors (Lipinski definition) is 1. The van der Waals surface area contributed by atoms with Crippen LogP contribution in [0.3, 0.4) is 0 Å². The van der Waals surface area contributed by atoms with E-state index in [0.717, 1.165) is 19.4 Å². The molecule has 0 radical (unpaired) electrons. The number of amides is 1. The van der Waals surface area contributed by atoms with Crippen molar-refractivity contribution in [3.63, 3.8) is 0 Å². The quantitative estimate of drug-likeness (QED) is 0.819. The molecule has 1 aromatic heterocycles. The number of carbonyl (C=O) groups excluding carboxylic acids is 1. The molecule has 1 aromatic rings. The molecule has 0 spiro atoms. The first-order valence-electron chi connectivity index (χ1n) is 6.89. The zero-order chi connectivity index (χ0) is 13.4. The molecule has 1 amide bonds. The van der Waals surface area contributed by atoms with Gasteiger partial charge >= 0.3 is 0 Å². The van der Waals surface area contributed by atoms with E-state index in [9.17, 15) is 4.79 Å².